The lowest BCUT2D eigenvalue weighted by Gasteiger charge is -2.07. The highest BCUT2D eigenvalue weighted by molar-refractivity contribution is 5.62. The van der Waals surface area contributed by atoms with Crippen molar-refractivity contribution in [1.82, 2.24) is 15.0 Å². The van der Waals surface area contributed by atoms with Crippen molar-refractivity contribution in [2.45, 2.75) is 18.8 Å². The van der Waals surface area contributed by atoms with Gasteiger partial charge in [-0.2, -0.15) is 0 Å². The molecule has 0 atom stereocenters. The summed E-state index contributed by atoms with van der Waals surface area (Å²) in [5, 5.41) is 2.99. The monoisotopic (exact) mass is 244 g/mol. The van der Waals surface area contributed by atoms with Crippen LogP contribution in [0.25, 0.3) is 11.3 Å². The summed E-state index contributed by atoms with van der Waals surface area (Å²) < 4.78 is 13.7. The van der Waals surface area contributed by atoms with Gasteiger partial charge in [0.1, 0.15) is 11.6 Å². The summed E-state index contributed by atoms with van der Waals surface area (Å²) in [7, 11) is 1.80. The zero-order valence-electron chi connectivity index (χ0n) is 10.0. The summed E-state index contributed by atoms with van der Waals surface area (Å²) >= 11 is 0. The minimum atomic E-state index is -0.361. The van der Waals surface area contributed by atoms with E-state index in [2.05, 4.69) is 20.3 Å². The van der Waals surface area contributed by atoms with Gasteiger partial charge in [-0.25, -0.2) is 14.4 Å². The summed E-state index contributed by atoms with van der Waals surface area (Å²) in [5.74, 6) is 1.59. The smallest absolute Gasteiger partial charge is 0.150 e. The van der Waals surface area contributed by atoms with Crippen LogP contribution in [0.15, 0.2) is 24.5 Å². The van der Waals surface area contributed by atoms with Crippen molar-refractivity contribution in [2.24, 2.45) is 0 Å². The van der Waals surface area contributed by atoms with Gasteiger partial charge < -0.3 is 5.32 Å². The zero-order chi connectivity index (χ0) is 12.5. The van der Waals surface area contributed by atoms with Crippen molar-refractivity contribution in [3.8, 4) is 11.3 Å². The molecule has 0 unspecified atom stereocenters. The second-order valence-electron chi connectivity index (χ2n) is 4.38. The van der Waals surface area contributed by atoms with Crippen LogP contribution in [0.4, 0.5) is 10.2 Å². The lowest BCUT2D eigenvalue weighted by atomic mass is 10.1. The molecule has 2 heterocycles. The van der Waals surface area contributed by atoms with Crippen molar-refractivity contribution >= 4 is 5.82 Å². The topological polar surface area (TPSA) is 50.7 Å². The average Bonchev–Trinajstić information content (AvgIpc) is 3.23. The number of aromatic nitrogens is 3. The van der Waals surface area contributed by atoms with Crippen molar-refractivity contribution in [1.29, 1.82) is 0 Å². The maximum atomic E-state index is 13.7. The Hall–Kier alpha value is -2.04. The second kappa shape index (κ2) is 4.33. The Morgan fingerprint density at radius 2 is 2.17 bits per heavy atom. The summed E-state index contributed by atoms with van der Waals surface area (Å²) in [6.45, 7) is 0. The third kappa shape index (κ3) is 2.03. The molecule has 92 valence electrons. The number of nitrogens with one attached hydrogen (secondary N) is 1. The first kappa shape index (κ1) is 11.1. The first-order valence-electron chi connectivity index (χ1n) is 5.94. The van der Waals surface area contributed by atoms with E-state index in [1.807, 2.05) is 0 Å². The molecule has 4 nitrogen and oxygen atoms in total. The zero-order valence-corrected chi connectivity index (χ0v) is 10.0. The molecule has 0 bridgehead atoms. The summed E-state index contributed by atoms with van der Waals surface area (Å²) in [5.41, 5.74) is 1.07. The highest BCUT2D eigenvalue weighted by atomic mass is 19.1. The van der Waals surface area contributed by atoms with Crippen molar-refractivity contribution in [2.75, 3.05) is 12.4 Å². The Morgan fingerprint density at radius 3 is 2.83 bits per heavy atom. The standard InChI is InChI=1S/C13H13FN4/c1-15-12-6-11(9-4-5-16-7-10(9)14)17-13(18-12)8-2-3-8/h4-8H,2-3H2,1H3,(H,15,17,18). The molecular weight excluding hydrogens is 231 g/mol. The van der Waals surface area contributed by atoms with Gasteiger partial charge in [-0.05, 0) is 18.9 Å². The lowest BCUT2D eigenvalue weighted by molar-refractivity contribution is 0.624. The van der Waals surface area contributed by atoms with E-state index in [-0.39, 0.29) is 5.82 Å². The fourth-order valence-electron chi connectivity index (χ4n) is 1.84. The quantitative estimate of drug-likeness (QED) is 0.901. The summed E-state index contributed by atoms with van der Waals surface area (Å²) in [4.78, 5) is 12.6. The Kier molecular flexibility index (Phi) is 2.66. The van der Waals surface area contributed by atoms with E-state index in [1.165, 1.54) is 6.20 Å². The maximum absolute atomic E-state index is 13.7. The molecule has 0 aliphatic heterocycles. The predicted octanol–water partition coefficient (Wildman–Crippen LogP) is 2.60. The van der Waals surface area contributed by atoms with E-state index < -0.39 is 0 Å². The van der Waals surface area contributed by atoms with Gasteiger partial charge in [-0.3, -0.25) is 4.98 Å². The Balaban J connectivity index is 2.10. The number of halogens is 1. The third-order valence-electron chi connectivity index (χ3n) is 2.99. The molecule has 1 aliphatic carbocycles. The van der Waals surface area contributed by atoms with E-state index in [9.17, 15) is 4.39 Å². The normalized spacial score (nSPS) is 14.6. The van der Waals surface area contributed by atoms with Gasteiger partial charge in [0, 0.05) is 30.8 Å². The first-order valence-corrected chi connectivity index (χ1v) is 5.94. The predicted molar refractivity (Wildman–Crippen MR) is 66.7 cm³/mol. The van der Waals surface area contributed by atoms with Gasteiger partial charge >= 0.3 is 0 Å². The highest BCUT2D eigenvalue weighted by Crippen LogP contribution is 2.39. The largest absolute Gasteiger partial charge is 0.373 e. The molecule has 0 aromatic carbocycles. The van der Waals surface area contributed by atoms with Crippen LogP contribution in [0.3, 0.4) is 0 Å². The fraction of sp³-hybridized carbons (Fsp3) is 0.308. The van der Waals surface area contributed by atoms with Crippen LogP contribution >= 0.6 is 0 Å². The van der Waals surface area contributed by atoms with Gasteiger partial charge in [0.05, 0.1) is 11.9 Å². The van der Waals surface area contributed by atoms with E-state index in [4.69, 9.17) is 0 Å². The Bertz CT molecular complexity index is 581. The molecule has 5 heteroatoms. The highest BCUT2D eigenvalue weighted by Gasteiger charge is 2.27. The molecule has 0 radical (unpaired) electrons. The second-order valence-corrected chi connectivity index (χ2v) is 4.38. The molecule has 1 saturated carbocycles. The van der Waals surface area contributed by atoms with Gasteiger partial charge in [-0.1, -0.05) is 0 Å². The fourth-order valence-corrected chi connectivity index (χ4v) is 1.84. The van der Waals surface area contributed by atoms with Crippen molar-refractivity contribution in [3.05, 3.63) is 36.2 Å². The first-order chi connectivity index (χ1) is 8.78. The van der Waals surface area contributed by atoms with Gasteiger partial charge in [0.15, 0.2) is 5.82 Å². The van der Waals surface area contributed by atoms with Crippen LogP contribution in [-0.2, 0) is 0 Å². The number of hydrogen-bond acceptors (Lipinski definition) is 4. The van der Waals surface area contributed by atoms with Crippen molar-refractivity contribution in [3.63, 3.8) is 0 Å². The number of nitrogens with zero attached hydrogens (tertiary/aromatic N) is 3. The molecule has 0 spiro atoms. The molecule has 0 amide bonds. The van der Waals surface area contributed by atoms with E-state index >= 15 is 0 Å². The third-order valence-corrected chi connectivity index (χ3v) is 2.99. The van der Waals surface area contributed by atoms with Crippen LogP contribution in [0.1, 0.15) is 24.6 Å². The van der Waals surface area contributed by atoms with Crippen molar-refractivity contribution < 1.29 is 4.39 Å². The molecule has 18 heavy (non-hydrogen) atoms. The molecule has 0 saturated heterocycles. The summed E-state index contributed by atoms with van der Waals surface area (Å²) in [6, 6.07) is 3.39. The lowest BCUT2D eigenvalue weighted by Crippen LogP contribution is -2.01. The van der Waals surface area contributed by atoms with Gasteiger partial charge in [-0.15, -0.1) is 0 Å². The van der Waals surface area contributed by atoms with Crippen LogP contribution in [-0.4, -0.2) is 22.0 Å². The molecule has 1 fully saturated rings. The molecule has 1 aliphatic rings. The maximum Gasteiger partial charge on any atom is 0.150 e. The minimum Gasteiger partial charge on any atom is -0.373 e. The van der Waals surface area contributed by atoms with Crippen LogP contribution in [0.5, 0.6) is 0 Å². The average molecular weight is 244 g/mol. The van der Waals surface area contributed by atoms with Crippen LogP contribution < -0.4 is 5.32 Å². The Labute approximate surface area is 104 Å². The number of rotatable bonds is 3. The molecular formula is C13H13FN4. The molecule has 1 N–H and O–H groups in total. The minimum absolute atomic E-state index is 0.361. The number of anilines is 1. The molecule has 3 rings (SSSR count). The van der Waals surface area contributed by atoms with Crippen LogP contribution in [0.2, 0.25) is 0 Å². The van der Waals surface area contributed by atoms with Gasteiger partial charge in [0.25, 0.3) is 0 Å². The Morgan fingerprint density at radius 1 is 1.33 bits per heavy atom. The SMILES string of the molecule is CNc1cc(-c2ccncc2F)nc(C2CC2)n1. The van der Waals surface area contributed by atoms with E-state index in [0.29, 0.717) is 17.2 Å². The van der Waals surface area contributed by atoms with E-state index in [1.54, 1.807) is 25.4 Å². The number of pyridine rings is 1. The van der Waals surface area contributed by atoms with Crippen LogP contribution in [0, 0.1) is 5.82 Å². The molecule has 2 aromatic heterocycles. The van der Waals surface area contributed by atoms with E-state index in [0.717, 1.165) is 24.5 Å². The molecule has 2 aromatic rings. The van der Waals surface area contributed by atoms with Gasteiger partial charge in [0.2, 0.25) is 0 Å². The summed E-state index contributed by atoms with van der Waals surface area (Å²) in [6.07, 6.45) is 5.00. The number of hydrogen-bond donors (Lipinski definition) is 1.